The number of ether oxygens (including phenoxy) is 1. The summed E-state index contributed by atoms with van der Waals surface area (Å²) in [6, 6.07) is 4.43. The molecule has 1 aliphatic heterocycles. The first-order chi connectivity index (χ1) is 8.98. The lowest BCUT2D eigenvalue weighted by Gasteiger charge is -2.23. The van der Waals surface area contributed by atoms with Gasteiger partial charge in [-0.25, -0.2) is 4.79 Å². The van der Waals surface area contributed by atoms with Crippen molar-refractivity contribution in [1.29, 1.82) is 5.41 Å². The van der Waals surface area contributed by atoms with E-state index >= 15 is 0 Å². The number of benzene rings is 1. The van der Waals surface area contributed by atoms with Crippen LogP contribution in [0.15, 0.2) is 18.2 Å². The van der Waals surface area contributed by atoms with Gasteiger partial charge in [0.15, 0.2) is 0 Å². The van der Waals surface area contributed by atoms with Gasteiger partial charge in [-0.05, 0) is 13.0 Å². The van der Waals surface area contributed by atoms with Crippen molar-refractivity contribution in [3.63, 3.8) is 0 Å². The molecule has 7 heteroatoms. The van der Waals surface area contributed by atoms with E-state index in [0.717, 1.165) is 6.21 Å². The normalized spacial score (nSPS) is 21.8. The van der Waals surface area contributed by atoms with Crippen molar-refractivity contribution < 1.29 is 14.5 Å². The first-order valence-corrected chi connectivity index (χ1v) is 5.71. The van der Waals surface area contributed by atoms with Crippen molar-refractivity contribution in [2.75, 3.05) is 11.9 Å². The number of esters is 1. The van der Waals surface area contributed by atoms with E-state index in [9.17, 15) is 14.9 Å². The Morgan fingerprint density at radius 1 is 1.58 bits per heavy atom. The zero-order valence-electron chi connectivity index (χ0n) is 10.3. The van der Waals surface area contributed by atoms with E-state index < -0.39 is 16.4 Å². The summed E-state index contributed by atoms with van der Waals surface area (Å²) in [6.07, 6.45) is 1.38. The van der Waals surface area contributed by atoms with Crippen LogP contribution in [0.3, 0.4) is 0 Å². The maximum atomic E-state index is 11.6. The lowest BCUT2D eigenvalue weighted by molar-refractivity contribution is -0.384. The number of carbonyl (C=O) groups is 1. The van der Waals surface area contributed by atoms with Crippen molar-refractivity contribution in [2.45, 2.75) is 18.9 Å². The number of nitro groups is 1. The molecule has 0 spiro atoms. The lowest BCUT2D eigenvalue weighted by Crippen LogP contribution is -2.39. The summed E-state index contributed by atoms with van der Waals surface area (Å²) in [6.45, 7) is 1.99. The van der Waals surface area contributed by atoms with Gasteiger partial charge in [-0.15, -0.1) is 0 Å². The van der Waals surface area contributed by atoms with Crippen molar-refractivity contribution in [1.82, 2.24) is 0 Å². The third-order valence-corrected chi connectivity index (χ3v) is 3.12. The Labute approximate surface area is 109 Å². The molecule has 2 rings (SSSR count). The van der Waals surface area contributed by atoms with E-state index in [2.05, 4.69) is 5.32 Å². The summed E-state index contributed by atoms with van der Waals surface area (Å²) in [5, 5.41) is 21.2. The summed E-state index contributed by atoms with van der Waals surface area (Å²) >= 11 is 0. The Morgan fingerprint density at radius 3 is 2.84 bits per heavy atom. The van der Waals surface area contributed by atoms with Gasteiger partial charge in [-0.1, -0.05) is 6.07 Å². The Kier molecular flexibility index (Phi) is 3.20. The number of nitrogens with zero attached hydrogens (tertiary/aromatic N) is 1. The second-order valence-corrected chi connectivity index (χ2v) is 4.48. The molecule has 0 radical (unpaired) electrons. The fourth-order valence-electron chi connectivity index (χ4n) is 1.99. The molecule has 0 bridgehead atoms. The maximum absolute atomic E-state index is 11.6. The molecule has 1 heterocycles. The highest BCUT2D eigenvalue weighted by atomic mass is 16.6. The fourth-order valence-corrected chi connectivity index (χ4v) is 1.99. The SMILES string of the molecule is CC1(Nc2cccc([N+](=O)[O-])c2C=N)CCOC1=O. The molecule has 1 aliphatic rings. The van der Waals surface area contributed by atoms with Crippen molar-refractivity contribution >= 4 is 23.6 Å². The third-order valence-electron chi connectivity index (χ3n) is 3.12. The average Bonchev–Trinajstić information content (AvgIpc) is 2.69. The number of anilines is 1. The number of hydrogen-bond donors (Lipinski definition) is 2. The highest BCUT2D eigenvalue weighted by Crippen LogP contribution is 2.30. The topological polar surface area (TPSA) is 105 Å². The number of rotatable bonds is 4. The van der Waals surface area contributed by atoms with E-state index in [-0.39, 0.29) is 11.3 Å². The molecule has 0 saturated carbocycles. The van der Waals surface area contributed by atoms with E-state index in [1.807, 2.05) is 0 Å². The second kappa shape index (κ2) is 4.68. The van der Waals surface area contributed by atoms with Crippen LogP contribution in [0.5, 0.6) is 0 Å². The summed E-state index contributed by atoms with van der Waals surface area (Å²) in [5.41, 5.74) is -0.554. The summed E-state index contributed by atoms with van der Waals surface area (Å²) in [4.78, 5) is 22.0. The van der Waals surface area contributed by atoms with Gasteiger partial charge in [-0.2, -0.15) is 0 Å². The molecular formula is C12H13N3O4. The van der Waals surface area contributed by atoms with Gasteiger partial charge in [0.25, 0.3) is 5.69 Å². The largest absolute Gasteiger partial charge is 0.464 e. The minimum atomic E-state index is -0.910. The van der Waals surface area contributed by atoms with Gasteiger partial charge in [0.05, 0.1) is 22.8 Å². The zero-order valence-corrected chi connectivity index (χ0v) is 10.3. The molecule has 1 aromatic carbocycles. The number of cyclic esters (lactones) is 1. The third kappa shape index (κ3) is 2.26. The molecule has 0 aliphatic carbocycles. The molecule has 19 heavy (non-hydrogen) atoms. The van der Waals surface area contributed by atoms with Crippen molar-refractivity contribution in [3.8, 4) is 0 Å². The second-order valence-electron chi connectivity index (χ2n) is 4.48. The van der Waals surface area contributed by atoms with Gasteiger partial charge in [-0.3, -0.25) is 10.1 Å². The van der Waals surface area contributed by atoms with E-state index in [4.69, 9.17) is 10.1 Å². The summed E-state index contributed by atoms with van der Waals surface area (Å²) < 4.78 is 4.90. The molecule has 1 unspecified atom stereocenters. The molecule has 1 saturated heterocycles. The quantitative estimate of drug-likeness (QED) is 0.372. The molecule has 7 nitrogen and oxygen atoms in total. The Bertz CT molecular complexity index is 558. The lowest BCUT2D eigenvalue weighted by atomic mass is 9.99. The molecule has 100 valence electrons. The number of hydrogen-bond acceptors (Lipinski definition) is 6. The molecule has 1 fully saturated rings. The van der Waals surface area contributed by atoms with Gasteiger partial charge >= 0.3 is 5.97 Å². The predicted molar refractivity (Wildman–Crippen MR) is 68.6 cm³/mol. The van der Waals surface area contributed by atoms with Crippen LogP contribution in [0.2, 0.25) is 0 Å². The van der Waals surface area contributed by atoms with Crippen LogP contribution in [0.1, 0.15) is 18.9 Å². The highest BCUT2D eigenvalue weighted by molar-refractivity contribution is 5.94. The van der Waals surface area contributed by atoms with E-state index in [0.29, 0.717) is 18.7 Å². The summed E-state index contributed by atoms with van der Waals surface area (Å²) in [5.74, 6) is -0.394. The Morgan fingerprint density at radius 2 is 2.32 bits per heavy atom. The molecule has 1 aromatic rings. The van der Waals surface area contributed by atoms with Gasteiger partial charge < -0.3 is 15.5 Å². The van der Waals surface area contributed by atoms with Gasteiger partial charge in [0, 0.05) is 18.7 Å². The molecular weight excluding hydrogens is 250 g/mol. The minimum absolute atomic E-state index is 0.147. The van der Waals surface area contributed by atoms with Crippen LogP contribution in [0.4, 0.5) is 11.4 Å². The number of carbonyl (C=O) groups excluding carboxylic acids is 1. The molecule has 2 N–H and O–H groups in total. The zero-order chi connectivity index (χ0) is 14.0. The van der Waals surface area contributed by atoms with E-state index in [1.165, 1.54) is 12.1 Å². The van der Waals surface area contributed by atoms with Crippen molar-refractivity contribution in [3.05, 3.63) is 33.9 Å². The monoisotopic (exact) mass is 263 g/mol. The van der Waals surface area contributed by atoms with Crippen LogP contribution in [-0.4, -0.2) is 29.3 Å². The van der Waals surface area contributed by atoms with Crippen LogP contribution in [0, 0.1) is 15.5 Å². The summed E-state index contributed by atoms with van der Waals surface area (Å²) in [7, 11) is 0. The van der Waals surface area contributed by atoms with Crippen molar-refractivity contribution in [2.24, 2.45) is 0 Å². The Balaban J connectivity index is 2.40. The van der Waals surface area contributed by atoms with Gasteiger partial charge in [0.1, 0.15) is 5.54 Å². The van der Waals surface area contributed by atoms with Gasteiger partial charge in [0.2, 0.25) is 0 Å². The standard InChI is InChI=1S/C12H13N3O4/c1-12(5-6-19-11(12)16)14-9-3-2-4-10(15(17)18)8(9)7-13/h2-4,7,13-14H,5-6H2,1H3. The highest BCUT2D eigenvalue weighted by Gasteiger charge is 2.40. The van der Waals surface area contributed by atoms with Crippen LogP contribution < -0.4 is 5.32 Å². The van der Waals surface area contributed by atoms with Crippen LogP contribution in [0.25, 0.3) is 0 Å². The molecule has 1 atom stereocenters. The first kappa shape index (κ1) is 13.0. The first-order valence-electron chi connectivity index (χ1n) is 5.71. The smallest absolute Gasteiger partial charge is 0.331 e. The molecule has 0 aromatic heterocycles. The van der Waals surface area contributed by atoms with Crippen LogP contribution >= 0.6 is 0 Å². The average molecular weight is 263 g/mol. The minimum Gasteiger partial charge on any atom is -0.464 e. The van der Waals surface area contributed by atoms with Crippen LogP contribution in [-0.2, 0) is 9.53 Å². The molecule has 0 amide bonds. The maximum Gasteiger partial charge on any atom is 0.331 e. The van der Waals surface area contributed by atoms with E-state index in [1.54, 1.807) is 13.0 Å². The number of nitro benzene ring substituents is 1. The predicted octanol–water partition coefficient (Wildman–Crippen LogP) is 1.71. The number of nitrogens with one attached hydrogen (secondary N) is 2. The Hall–Kier alpha value is -2.44. The fraction of sp³-hybridized carbons (Fsp3) is 0.333.